The molecule has 2 rings (SSSR count). The van der Waals surface area contributed by atoms with Crippen molar-refractivity contribution < 1.29 is 14.3 Å². The van der Waals surface area contributed by atoms with Gasteiger partial charge < -0.3 is 9.47 Å². The monoisotopic (exact) mass is 355 g/mol. The summed E-state index contributed by atoms with van der Waals surface area (Å²) in [6.07, 6.45) is 0.539. The van der Waals surface area contributed by atoms with Gasteiger partial charge in [0, 0.05) is 14.2 Å². The Labute approximate surface area is 137 Å². The lowest BCUT2D eigenvalue weighted by Gasteiger charge is -2.32. The molecule has 0 N–H and O–H groups in total. The topological polar surface area (TPSA) is 38.8 Å². The molecule has 1 aromatic carbocycles. The molecule has 0 fully saturated rings. The maximum Gasteiger partial charge on any atom is 0.294 e. The summed E-state index contributed by atoms with van der Waals surface area (Å²) in [5.41, 5.74) is 1.09. The molecule has 0 saturated carbocycles. The number of benzene rings is 1. The molecule has 0 saturated heterocycles. The Morgan fingerprint density at radius 2 is 1.70 bits per heavy atom. The van der Waals surface area contributed by atoms with E-state index >= 15 is 0 Å². The summed E-state index contributed by atoms with van der Waals surface area (Å²) in [5.74, 6) is -2.00. The summed E-state index contributed by atoms with van der Waals surface area (Å²) >= 11 is 23.0. The van der Waals surface area contributed by atoms with Crippen molar-refractivity contribution in [2.75, 3.05) is 14.2 Å². The highest BCUT2D eigenvalue weighted by molar-refractivity contribution is 7.78. The first-order valence-corrected chi connectivity index (χ1v) is 7.24. The van der Waals surface area contributed by atoms with E-state index in [4.69, 9.17) is 44.3 Å². The van der Waals surface area contributed by atoms with E-state index in [2.05, 4.69) is 12.8 Å². The predicted octanol–water partition coefficient (Wildman–Crippen LogP) is 3.91. The molecule has 0 unspecified atom stereocenters. The van der Waals surface area contributed by atoms with Crippen molar-refractivity contribution >= 4 is 53.5 Å². The average molecular weight is 357 g/mol. The minimum Gasteiger partial charge on any atom is -0.332 e. The molecule has 1 amide bonds. The van der Waals surface area contributed by atoms with Gasteiger partial charge in [-0.1, -0.05) is 54.5 Å². The smallest absolute Gasteiger partial charge is 0.294 e. The maximum atomic E-state index is 12.4. The number of hydrogen-bond donors (Lipinski definition) is 1. The lowest BCUT2D eigenvalue weighted by molar-refractivity contribution is -0.258. The summed E-state index contributed by atoms with van der Waals surface area (Å²) in [6, 6.07) is 0. The first kappa shape index (κ1) is 16.2. The van der Waals surface area contributed by atoms with E-state index in [1.165, 1.54) is 14.2 Å². The summed E-state index contributed by atoms with van der Waals surface area (Å²) < 4.78 is 11.7. The second-order valence-corrected chi connectivity index (χ2v) is 5.66. The van der Waals surface area contributed by atoms with Crippen molar-refractivity contribution in [1.82, 2.24) is 4.31 Å². The minimum absolute atomic E-state index is 0.177. The fraction of sp³-hybridized carbons (Fsp3) is 0.417. The van der Waals surface area contributed by atoms with Gasteiger partial charge in [-0.2, -0.15) is 0 Å². The third kappa shape index (κ3) is 1.88. The number of halogens is 3. The predicted molar refractivity (Wildman–Crippen MR) is 81.7 cm³/mol. The summed E-state index contributed by atoms with van der Waals surface area (Å²) in [4.78, 5) is 12.4. The van der Waals surface area contributed by atoms with Crippen LogP contribution in [0.15, 0.2) is 0 Å². The van der Waals surface area contributed by atoms with Gasteiger partial charge in [-0.05, 0) is 12.0 Å². The van der Waals surface area contributed by atoms with Crippen LogP contribution in [0.3, 0.4) is 0 Å². The van der Waals surface area contributed by atoms with Gasteiger partial charge in [-0.25, -0.2) is 4.31 Å². The van der Waals surface area contributed by atoms with Crippen LogP contribution < -0.4 is 0 Å². The molecule has 8 heteroatoms. The summed E-state index contributed by atoms with van der Waals surface area (Å²) in [6.45, 7) is 1.87. The number of carbonyl (C=O) groups excluding carboxylic acids is 1. The molecule has 0 radical (unpaired) electrons. The number of rotatable bonds is 3. The number of ether oxygens (including phenoxy) is 2. The van der Waals surface area contributed by atoms with E-state index in [0.717, 1.165) is 4.31 Å². The first-order valence-electron chi connectivity index (χ1n) is 5.70. The zero-order valence-electron chi connectivity index (χ0n) is 11.0. The first-order chi connectivity index (χ1) is 9.37. The van der Waals surface area contributed by atoms with Crippen molar-refractivity contribution in [3.05, 3.63) is 31.8 Å². The Bertz CT molecular complexity index is 590. The second-order valence-electron chi connectivity index (χ2n) is 4.13. The molecular formula is C12H12Cl3NO3S. The Morgan fingerprint density at radius 1 is 1.15 bits per heavy atom. The molecule has 0 aromatic heterocycles. The lowest BCUT2D eigenvalue weighted by Crippen LogP contribution is -2.41. The van der Waals surface area contributed by atoms with Gasteiger partial charge >= 0.3 is 0 Å². The van der Waals surface area contributed by atoms with E-state index in [1.54, 1.807) is 0 Å². The minimum atomic E-state index is -1.55. The van der Waals surface area contributed by atoms with E-state index < -0.39 is 11.8 Å². The van der Waals surface area contributed by atoms with Crippen molar-refractivity contribution in [3.8, 4) is 0 Å². The van der Waals surface area contributed by atoms with Crippen LogP contribution in [0.2, 0.25) is 15.1 Å². The van der Waals surface area contributed by atoms with E-state index in [-0.39, 0.29) is 26.2 Å². The van der Waals surface area contributed by atoms with Crippen molar-refractivity contribution in [1.29, 1.82) is 0 Å². The van der Waals surface area contributed by atoms with Gasteiger partial charge in [-0.3, -0.25) is 4.79 Å². The number of thiol groups is 1. The lowest BCUT2D eigenvalue weighted by atomic mass is 10.0. The third-order valence-electron chi connectivity index (χ3n) is 3.32. The van der Waals surface area contributed by atoms with E-state index in [1.807, 2.05) is 6.92 Å². The van der Waals surface area contributed by atoms with Gasteiger partial charge in [0.15, 0.2) is 0 Å². The van der Waals surface area contributed by atoms with Crippen LogP contribution in [0, 0.1) is 0 Å². The van der Waals surface area contributed by atoms with Gasteiger partial charge in [-0.15, -0.1) is 0 Å². The van der Waals surface area contributed by atoms with Crippen molar-refractivity contribution in [2.45, 2.75) is 19.3 Å². The molecule has 110 valence electrons. The number of amides is 1. The van der Waals surface area contributed by atoms with Crippen LogP contribution in [-0.4, -0.2) is 24.4 Å². The molecule has 20 heavy (non-hydrogen) atoms. The average Bonchev–Trinajstić information content (AvgIpc) is 2.67. The van der Waals surface area contributed by atoms with E-state index in [0.29, 0.717) is 12.0 Å². The fourth-order valence-electron chi connectivity index (χ4n) is 2.32. The molecule has 1 aromatic rings. The number of nitrogens with zero attached hydrogens (tertiary/aromatic N) is 1. The Kier molecular flexibility index (Phi) is 4.50. The van der Waals surface area contributed by atoms with Gasteiger partial charge in [0.2, 0.25) is 0 Å². The number of methoxy groups -OCH3 is 2. The highest BCUT2D eigenvalue weighted by Gasteiger charge is 2.54. The number of carbonyl (C=O) groups is 1. The molecule has 0 atom stereocenters. The Hall–Kier alpha value is -0.170. The highest BCUT2D eigenvalue weighted by atomic mass is 35.5. The maximum absolute atomic E-state index is 12.4. The molecular weight excluding hydrogens is 345 g/mol. The van der Waals surface area contributed by atoms with E-state index in [9.17, 15) is 4.79 Å². The van der Waals surface area contributed by atoms with Crippen LogP contribution in [0.4, 0.5) is 0 Å². The summed E-state index contributed by atoms with van der Waals surface area (Å²) in [5, 5.41) is 0.710. The van der Waals surface area contributed by atoms with Crippen LogP contribution in [-0.2, 0) is 21.8 Å². The van der Waals surface area contributed by atoms with Gasteiger partial charge in [0.25, 0.3) is 11.8 Å². The molecule has 0 aliphatic carbocycles. The molecule has 1 aliphatic rings. The molecule has 4 nitrogen and oxygen atoms in total. The second kappa shape index (κ2) is 5.55. The molecule has 0 spiro atoms. The molecule has 1 heterocycles. The van der Waals surface area contributed by atoms with Crippen LogP contribution in [0.1, 0.15) is 28.4 Å². The molecule has 1 aliphatic heterocycles. The van der Waals surface area contributed by atoms with Crippen molar-refractivity contribution in [2.24, 2.45) is 0 Å². The summed E-state index contributed by atoms with van der Waals surface area (Å²) in [7, 11) is 2.75. The fourth-order valence-corrected chi connectivity index (χ4v) is 3.79. The number of fused-ring (bicyclic) bond motifs is 1. The normalized spacial score (nSPS) is 16.8. The number of hydrogen-bond acceptors (Lipinski definition) is 4. The van der Waals surface area contributed by atoms with Crippen molar-refractivity contribution in [3.63, 3.8) is 0 Å². The quantitative estimate of drug-likeness (QED) is 0.507. The van der Waals surface area contributed by atoms with Crippen LogP contribution >= 0.6 is 47.6 Å². The zero-order valence-corrected chi connectivity index (χ0v) is 14.1. The third-order valence-corrected chi connectivity index (χ3v) is 5.07. The Morgan fingerprint density at radius 3 is 2.15 bits per heavy atom. The SMILES string of the molecule is CCc1c(Cl)c(Cl)c2c(c1Cl)C(=O)N(S)C2(OC)OC. The van der Waals surface area contributed by atoms with Gasteiger partial charge in [0.1, 0.15) is 0 Å². The largest absolute Gasteiger partial charge is 0.332 e. The Balaban J connectivity index is 2.92. The van der Waals surface area contributed by atoms with Crippen LogP contribution in [0.25, 0.3) is 0 Å². The highest BCUT2D eigenvalue weighted by Crippen LogP contribution is 2.51. The van der Waals surface area contributed by atoms with Gasteiger partial charge in [0.05, 0.1) is 26.2 Å². The standard InChI is InChI=1S/C12H12Cl3NO3S/c1-4-5-8(13)6-7(10(15)9(5)14)12(18-2,19-3)16(20)11(6)17/h20H,4H2,1-3H3. The molecule has 0 bridgehead atoms. The van der Waals surface area contributed by atoms with Crippen LogP contribution in [0.5, 0.6) is 0 Å². The zero-order chi connectivity index (χ0) is 15.2.